The van der Waals surface area contributed by atoms with Gasteiger partial charge in [0.05, 0.1) is 6.33 Å². The predicted octanol–water partition coefficient (Wildman–Crippen LogP) is 0.663. The van der Waals surface area contributed by atoms with E-state index < -0.39 is 11.6 Å². The number of unbranched alkanes of at least 4 members (excludes halogenated alkanes) is 2. The number of imidazole rings is 1. The van der Waals surface area contributed by atoms with E-state index >= 15 is 0 Å². The zero-order chi connectivity index (χ0) is 13.4. The summed E-state index contributed by atoms with van der Waals surface area (Å²) in [5, 5.41) is 17.0. The van der Waals surface area contributed by atoms with Gasteiger partial charge in [0, 0.05) is 6.54 Å². The first-order valence-electron chi connectivity index (χ1n) is 6.24. The Morgan fingerprint density at radius 1 is 1.37 bits per heavy atom. The van der Waals surface area contributed by atoms with Crippen LogP contribution >= 0.6 is 0 Å². The summed E-state index contributed by atoms with van der Waals surface area (Å²) in [6, 6.07) is -0.402. The first kappa shape index (κ1) is 11.7. The Labute approximate surface area is 107 Å². The quantitative estimate of drug-likeness (QED) is 0.673. The van der Waals surface area contributed by atoms with Crippen LogP contribution in [0, 0.1) is 0 Å². The van der Waals surface area contributed by atoms with Crippen molar-refractivity contribution in [2.75, 3.05) is 0 Å². The standard InChI is InChI=1S/C11H14N6O2/c1-2-3-4-5-16-8-7(12-6-13-8)9(18)17-10(16)14-15-11(17)19/h6H,2-5H2,1H3,(H,12,13)(H,15,19). The lowest BCUT2D eigenvalue weighted by molar-refractivity contribution is 0.422. The minimum Gasteiger partial charge on any atom is -0.479 e. The van der Waals surface area contributed by atoms with E-state index in [0.29, 0.717) is 23.5 Å². The molecule has 0 unspecified atom stereocenters. The molecule has 0 bridgehead atoms. The van der Waals surface area contributed by atoms with Crippen LogP contribution in [-0.4, -0.2) is 34.2 Å². The van der Waals surface area contributed by atoms with E-state index in [2.05, 4.69) is 27.1 Å². The van der Waals surface area contributed by atoms with Gasteiger partial charge in [0.25, 0.3) is 5.56 Å². The molecule has 0 spiro atoms. The minimum absolute atomic E-state index is 0.318. The molecule has 3 rings (SSSR count). The van der Waals surface area contributed by atoms with Crippen molar-refractivity contribution in [3.8, 4) is 6.01 Å². The normalized spacial score (nSPS) is 11.6. The number of aromatic hydroxyl groups is 1. The molecule has 0 saturated carbocycles. The molecule has 19 heavy (non-hydrogen) atoms. The number of nitrogens with one attached hydrogen (secondary N) is 1. The van der Waals surface area contributed by atoms with Gasteiger partial charge in [-0.1, -0.05) is 24.9 Å². The topological polar surface area (TPSA) is 101 Å². The van der Waals surface area contributed by atoms with Crippen LogP contribution in [-0.2, 0) is 6.54 Å². The van der Waals surface area contributed by atoms with Gasteiger partial charge < -0.3 is 10.1 Å². The summed E-state index contributed by atoms with van der Waals surface area (Å²) >= 11 is 0. The first-order valence-corrected chi connectivity index (χ1v) is 6.24. The summed E-state index contributed by atoms with van der Waals surface area (Å²) in [5.74, 6) is 0.318. The van der Waals surface area contributed by atoms with Crippen molar-refractivity contribution < 1.29 is 5.11 Å². The highest BCUT2D eigenvalue weighted by Gasteiger charge is 2.17. The fourth-order valence-electron chi connectivity index (χ4n) is 2.21. The van der Waals surface area contributed by atoms with Crippen LogP contribution in [0.2, 0.25) is 0 Å². The predicted molar refractivity (Wildman–Crippen MR) is 68.1 cm³/mol. The molecule has 0 atom stereocenters. The van der Waals surface area contributed by atoms with E-state index in [1.807, 2.05) is 0 Å². The van der Waals surface area contributed by atoms with Crippen molar-refractivity contribution in [2.45, 2.75) is 32.7 Å². The molecule has 8 nitrogen and oxygen atoms in total. The van der Waals surface area contributed by atoms with Crippen molar-refractivity contribution in [1.82, 2.24) is 29.1 Å². The zero-order valence-electron chi connectivity index (χ0n) is 10.5. The average Bonchev–Trinajstić information content (AvgIpc) is 3.01. The molecule has 8 heteroatoms. The minimum atomic E-state index is -0.402. The lowest BCUT2D eigenvalue weighted by atomic mass is 10.2. The molecule has 100 valence electrons. The Balaban J connectivity index is 2.28. The lowest BCUT2D eigenvalue weighted by Gasteiger charge is -2.08. The van der Waals surface area contributed by atoms with Crippen molar-refractivity contribution in [1.29, 1.82) is 0 Å². The smallest absolute Gasteiger partial charge is 0.323 e. The van der Waals surface area contributed by atoms with Crippen LogP contribution in [0.3, 0.4) is 0 Å². The van der Waals surface area contributed by atoms with Gasteiger partial charge in [0.1, 0.15) is 5.52 Å². The second-order valence-electron chi connectivity index (χ2n) is 4.40. The largest absolute Gasteiger partial charge is 0.479 e. The van der Waals surface area contributed by atoms with E-state index in [9.17, 15) is 9.90 Å². The SMILES string of the molecule is CCCCCn1c2nc[nH]c2c(=O)n2c(O)nnc12. The molecule has 0 amide bonds. The summed E-state index contributed by atoms with van der Waals surface area (Å²) in [5.41, 5.74) is 0.497. The molecule has 3 heterocycles. The molecule has 2 N–H and O–H groups in total. The van der Waals surface area contributed by atoms with Crippen LogP contribution < -0.4 is 5.56 Å². The number of fused-ring (bicyclic) bond motifs is 2. The number of hydrogen-bond acceptors (Lipinski definition) is 5. The van der Waals surface area contributed by atoms with E-state index in [-0.39, 0.29) is 0 Å². The molecule has 0 aromatic carbocycles. The number of nitrogens with zero attached hydrogens (tertiary/aromatic N) is 5. The van der Waals surface area contributed by atoms with Gasteiger partial charge in [-0.25, -0.2) is 4.98 Å². The van der Waals surface area contributed by atoms with Crippen LogP contribution in [0.5, 0.6) is 6.01 Å². The zero-order valence-corrected chi connectivity index (χ0v) is 10.5. The van der Waals surface area contributed by atoms with Crippen molar-refractivity contribution in [3.05, 3.63) is 16.7 Å². The van der Waals surface area contributed by atoms with Gasteiger partial charge >= 0.3 is 6.01 Å². The molecule has 0 aliphatic rings. The second kappa shape index (κ2) is 4.38. The maximum Gasteiger partial charge on any atom is 0.323 e. The monoisotopic (exact) mass is 262 g/mol. The van der Waals surface area contributed by atoms with Crippen LogP contribution in [0.4, 0.5) is 0 Å². The molecular formula is C11H14N6O2. The summed E-state index contributed by atoms with van der Waals surface area (Å²) in [6.45, 7) is 2.80. The summed E-state index contributed by atoms with van der Waals surface area (Å²) in [6.07, 6.45) is 4.58. The number of aromatic nitrogens is 6. The van der Waals surface area contributed by atoms with Crippen LogP contribution in [0.1, 0.15) is 26.2 Å². The molecule has 0 aliphatic carbocycles. The Bertz CT molecular complexity index is 784. The number of hydrogen-bond donors (Lipinski definition) is 2. The van der Waals surface area contributed by atoms with E-state index in [1.54, 1.807) is 4.57 Å². The Kier molecular flexibility index (Phi) is 2.69. The van der Waals surface area contributed by atoms with E-state index in [0.717, 1.165) is 23.7 Å². The Hall–Kier alpha value is -2.38. The summed E-state index contributed by atoms with van der Waals surface area (Å²) in [7, 11) is 0. The van der Waals surface area contributed by atoms with Crippen LogP contribution in [0.25, 0.3) is 16.9 Å². The summed E-state index contributed by atoms with van der Waals surface area (Å²) < 4.78 is 2.89. The fraction of sp³-hybridized carbons (Fsp3) is 0.455. The highest BCUT2D eigenvalue weighted by Crippen LogP contribution is 2.14. The van der Waals surface area contributed by atoms with Gasteiger partial charge in [-0.15, -0.1) is 5.10 Å². The van der Waals surface area contributed by atoms with Gasteiger partial charge in [-0.05, 0) is 6.42 Å². The van der Waals surface area contributed by atoms with Crippen molar-refractivity contribution >= 4 is 16.9 Å². The maximum absolute atomic E-state index is 12.2. The van der Waals surface area contributed by atoms with Gasteiger partial charge in [-0.3, -0.25) is 9.36 Å². The Morgan fingerprint density at radius 3 is 3.00 bits per heavy atom. The number of aromatic amines is 1. The highest BCUT2D eigenvalue weighted by atomic mass is 16.3. The van der Waals surface area contributed by atoms with Gasteiger partial charge in [0.15, 0.2) is 5.65 Å². The number of rotatable bonds is 4. The number of aryl methyl sites for hydroxylation is 1. The van der Waals surface area contributed by atoms with E-state index in [4.69, 9.17) is 0 Å². The molecule has 0 radical (unpaired) electrons. The fourth-order valence-corrected chi connectivity index (χ4v) is 2.21. The third-order valence-electron chi connectivity index (χ3n) is 3.15. The molecule has 3 aromatic rings. The first-order chi connectivity index (χ1) is 9.24. The van der Waals surface area contributed by atoms with Gasteiger partial charge in [-0.2, -0.15) is 4.40 Å². The molecule has 3 aromatic heterocycles. The maximum atomic E-state index is 12.2. The van der Waals surface area contributed by atoms with Crippen molar-refractivity contribution in [3.63, 3.8) is 0 Å². The molecular weight excluding hydrogens is 248 g/mol. The Morgan fingerprint density at radius 2 is 2.21 bits per heavy atom. The second-order valence-corrected chi connectivity index (χ2v) is 4.40. The lowest BCUT2D eigenvalue weighted by Crippen LogP contribution is -2.19. The molecule has 0 fully saturated rings. The summed E-state index contributed by atoms with van der Waals surface area (Å²) in [4.78, 5) is 19.1. The third kappa shape index (κ3) is 1.67. The molecule has 0 aliphatic heterocycles. The highest BCUT2D eigenvalue weighted by molar-refractivity contribution is 5.72. The average molecular weight is 262 g/mol. The van der Waals surface area contributed by atoms with E-state index in [1.165, 1.54) is 6.33 Å². The molecule has 0 saturated heterocycles. The number of H-pyrrole nitrogens is 1. The third-order valence-corrected chi connectivity index (χ3v) is 3.15. The van der Waals surface area contributed by atoms with Crippen LogP contribution in [0.15, 0.2) is 11.1 Å². The van der Waals surface area contributed by atoms with Crippen molar-refractivity contribution in [2.24, 2.45) is 0 Å². The van der Waals surface area contributed by atoms with Gasteiger partial charge in [0.2, 0.25) is 5.78 Å².